The van der Waals surface area contributed by atoms with Crippen molar-refractivity contribution in [3.8, 4) is 11.5 Å². The van der Waals surface area contributed by atoms with Crippen molar-refractivity contribution >= 4 is 23.2 Å². The fourth-order valence-electron chi connectivity index (χ4n) is 3.70. The third-order valence-electron chi connectivity index (χ3n) is 5.35. The fourth-order valence-corrected chi connectivity index (χ4v) is 3.88. The molecule has 0 N–H and O–H groups in total. The van der Waals surface area contributed by atoms with Gasteiger partial charge in [0, 0.05) is 60.4 Å². The van der Waals surface area contributed by atoms with Gasteiger partial charge in [0.2, 0.25) is 0 Å². The van der Waals surface area contributed by atoms with Crippen LogP contribution in [0, 0.1) is 0 Å². The van der Waals surface area contributed by atoms with E-state index in [1.807, 2.05) is 48.2 Å². The third kappa shape index (κ3) is 5.32. The summed E-state index contributed by atoms with van der Waals surface area (Å²) < 4.78 is 11.7. The van der Waals surface area contributed by atoms with Crippen molar-refractivity contribution in [3.05, 3.63) is 83.1 Å². The first kappa shape index (κ1) is 22.0. The first-order chi connectivity index (χ1) is 15.6. The number of carbonyl (C=O) groups is 1. The molecule has 0 spiro atoms. The number of hydrogen-bond acceptors (Lipinski definition) is 5. The van der Waals surface area contributed by atoms with Crippen LogP contribution in [0.2, 0.25) is 5.02 Å². The molecule has 0 bridgehead atoms. The Labute approximate surface area is 193 Å². The van der Waals surface area contributed by atoms with Crippen LogP contribution in [0.1, 0.15) is 22.8 Å². The summed E-state index contributed by atoms with van der Waals surface area (Å²) in [6.07, 6.45) is 3.49. The maximum atomic E-state index is 13.1. The lowest BCUT2D eigenvalue weighted by Gasteiger charge is -2.36. The summed E-state index contributed by atoms with van der Waals surface area (Å²) in [5, 5.41) is 0.718. The van der Waals surface area contributed by atoms with E-state index >= 15 is 0 Å². The molecule has 2 heterocycles. The van der Waals surface area contributed by atoms with Crippen LogP contribution in [0.3, 0.4) is 0 Å². The van der Waals surface area contributed by atoms with Gasteiger partial charge in [0.05, 0.1) is 6.61 Å². The van der Waals surface area contributed by atoms with Crippen molar-refractivity contribution in [2.45, 2.75) is 13.5 Å². The molecule has 2 aromatic carbocycles. The van der Waals surface area contributed by atoms with Crippen molar-refractivity contribution in [2.24, 2.45) is 0 Å². The molecule has 7 heteroatoms. The van der Waals surface area contributed by atoms with Gasteiger partial charge in [0.25, 0.3) is 5.91 Å². The van der Waals surface area contributed by atoms with Gasteiger partial charge in [-0.1, -0.05) is 23.7 Å². The minimum Gasteiger partial charge on any atom is -0.490 e. The van der Waals surface area contributed by atoms with E-state index in [0.717, 1.165) is 29.4 Å². The summed E-state index contributed by atoms with van der Waals surface area (Å²) in [5.74, 6) is 1.17. The van der Waals surface area contributed by atoms with Crippen molar-refractivity contribution in [3.63, 3.8) is 0 Å². The van der Waals surface area contributed by atoms with Crippen LogP contribution in [0.5, 0.6) is 11.5 Å². The largest absolute Gasteiger partial charge is 0.490 e. The van der Waals surface area contributed by atoms with Crippen LogP contribution in [-0.4, -0.2) is 48.6 Å². The van der Waals surface area contributed by atoms with Crippen LogP contribution < -0.4 is 14.4 Å². The Morgan fingerprint density at radius 2 is 1.84 bits per heavy atom. The average molecular weight is 452 g/mol. The molecule has 166 valence electrons. The predicted octanol–water partition coefficient (Wildman–Crippen LogP) is 4.68. The highest BCUT2D eigenvalue weighted by Gasteiger charge is 2.23. The number of ether oxygens (including phenoxy) is 2. The van der Waals surface area contributed by atoms with Crippen molar-refractivity contribution in [2.75, 3.05) is 37.7 Å². The highest BCUT2D eigenvalue weighted by molar-refractivity contribution is 6.30. The molecule has 1 aliphatic rings. The number of benzene rings is 2. The van der Waals surface area contributed by atoms with E-state index in [1.54, 1.807) is 30.6 Å². The fraction of sp³-hybridized carbons (Fsp3) is 0.280. The van der Waals surface area contributed by atoms with E-state index < -0.39 is 0 Å². The maximum Gasteiger partial charge on any atom is 0.254 e. The van der Waals surface area contributed by atoms with E-state index in [9.17, 15) is 4.79 Å². The van der Waals surface area contributed by atoms with Gasteiger partial charge in [0.1, 0.15) is 6.61 Å². The molecule has 1 aromatic heterocycles. The van der Waals surface area contributed by atoms with Gasteiger partial charge in [-0.25, -0.2) is 0 Å². The van der Waals surface area contributed by atoms with Gasteiger partial charge >= 0.3 is 0 Å². The molecule has 6 nitrogen and oxygen atoms in total. The molecule has 0 radical (unpaired) electrons. The number of aromatic nitrogens is 1. The van der Waals surface area contributed by atoms with Crippen LogP contribution >= 0.6 is 11.6 Å². The van der Waals surface area contributed by atoms with Gasteiger partial charge in [-0.15, -0.1) is 0 Å². The molecule has 0 unspecified atom stereocenters. The molecule has 0 aliphatic carbocycles. The van der Waals surface area contributed by atoms with E-state index in [-0.39, 0.29) is 5.91 Å². The molecule has 1 aliphatic heterocycles. The van der Waals surface area contributed by atoms with Crippen molar-refractivity contribution < 1.29 is 14.3 Å². The van der Waals surface area contributed by atoms with E-state index in [4.69, 9.17) is 21.1 Å². The Bertz CT molecular complexity index is 1050. The van der Waals surface area contributed by atoms with Crippen LogP contribution in [-0.2, 0) is 6.61 Å². The van der Waals surface area contributed by atoms with Crippen LogP contribution in [0.4, 0.5) is 5.69 Å². The van der Waals surface area contributed by atoms with Crippen molar-refractivity contribution in [1.82, 2.24) is 9.88 Å². The normalized spacial score (nSPS) is 13.7. The third-order valence-corrected chi connectivity index (χ3v) is 5.58. The number of nitrogens with zero attached hydrogens (tertiary/aromatic N) is 3. The summed E-state index contributed by atoms with van der Waals surface area (Å²) in [4.78, 5) is 21.4. The first-order valence-corrected chi connectivity index (χ1v) is 11.1. The summed E-state index contributed by atoms with van der Waals surface area (Å²) in [7, 11) is 0. The standard InChI is InChI=1S/C25H26ClN3O3/c1-2-31-24-15-20(8-9-23(24)32-18-19-5-4-10-27-17-19)25(30)29-13-11-28(12-14-29)22-7-3-6-21(26)16-22/h3-10,15-17H,2,11-14,18H2,1H3. The molecule has 0 atom stereocenters. The number of pyridine rings is 1. The Morgan fingerprint density at radius 1 is 1.00 bits per heavy atom. The second-order valence-corrected chi connectivity index (χ2v) is 7.94. The van der Waals surface area contributed by atoms with Gasteiger partial charge in [-0.2, -0.15) is 0 Å². The van der Waals surface area contributed by atoms with Gasteiger partial charge in [-0.3, -0.25) is 9.78 Å². The zero-order chi connectivity index (χ0) is 22.3. The van der Waals surface area contributed by atoms with E-state index in [1.165, 1.54) is 0 Å². The Kier molecular flexibility index (Phi) is 7.12. The van der Waals surface area contributed by atoms with Crippen molar-refractivity contribution in [1.29, 1.82) is 0 Å². The molecule has 0 saturated carbocycles. The number of amides is 1. The SMILES string of the molecule is CCOc1cc(C(=O)N2CCN(c3cccc(Cl)c3)CC2)ccc1OCc1cccnc1. The van der Waals surface area contributed by atoms with E-state index in [2.05, 4.69) is 9.88 Å². The predicted molar refractivity (Wildman–Crippen MR) is 126 cm³/mol. The second kappa shape index (κ2) is 10.4. The van der Waals surface area contributed by atoms with Crippen LogP contribution in [0.15, 0.2) is 67.0 Å². The quantitative estimate of drug-likeness (QED) is 0.522. The lowest BCUT2D eigenvalue weighted by molar-refractivity contribution is 0.0746. The molecular formula is C25H26ClN3O3. The highest BCUT2D eigenvalue weighted by Crippen LogP contribution is 2.30. The summed E-state index contributed by atoms with van der Waals surface area (Å²) >= 11 is 6.12. The number of anilines is 1. The lowest BCUT2D eigenvalue weighted by Crippen LogP contribution is -2.48. The van der Waals surface area contributed by atoms with Crippen LogP contribution in [0.25, 0.3) is 0 Å². The number of rotatable bonds is 7. The Balaban J connectivity index is 1.41. The molecule has 32 heavy (non-hydrogen) atoms. The highest BCUT2D eigenvalue weighted by atomic mass is 35.5. The average Bonchev–Trinajstić information content (AvgIpc) is 2.84. The van der Waals surface area contributed by atoms with E-state index in [0.29, 0.717) is 43.4 Å². The molecule has 3 aromatic rings. The molecule has 4 rings (SSSR count). The zero-order valence-electron chi connectivity index (χ0n) is 18.0. The monoisotopic (exact) mass is 451 g/mol. The topological polar surface area (TPSA) is 54.9 Å². The van der Waals surface area contributed by atoms with Gasteiger partial charge in [-0.05, 0) is 49.4 Å². The first-order valence-electron chi connectivity index (χ1n) is 10.7. The number of hydrogen-bond donors (Lipinski definition) is 0. The summed E-state index contributed by atoms with van der Waals surface area (Å²) in [6, 6.07) is 17.0. The summed E-state index contributed by atoms with van der Waals surface area (Å²) in [6.45, 7) is 5.59. The minimum atomic E-state index is -0.00416. The lowest BCUT2D eigenvalue weighted by atomic mass is 10.1. The van der Waals surface area contributed by atoms with Gasteiger partial charge in [0.15, 0.2) is 11.5 Å². The van der Waals surface area contributed by atoms with Gasteiger partial charge < -0.3 is 19.3 Å². The molecule has 1 amide bonds. The second-order valence-electron chi connectivity index (χ2n) is 7.50. The number of halogens is 1. The number of carbonyl (C=O) groups excluding carboxylic acids is 1. The maximum absolute atomic E-state index is 13.1. The Hall–Kier alpha value is -3.25. The smallest absolute Gasteiger partial charge is 0.254 e. The number of piperazine rings is 1. The Morgan fingerprint density at radius 3 is 2.56 bits per heavy atom. The minimum absolute atomic E-state index is 0.00416. The molecule has 1 saturated heterocycles. The molecular weight excluding hydrogens is 426 g/mol. The summed E-state index contributed by atoms with van der Waals surface area (Å²) in [5.41, 5.74) is 2.64. The zero-order valence-corrected chi connectivity index (χ0v) is 18.8. The molecule has 1 fully saturated rings.